The lowest BCUT2D eigenvalue weighted by Gasteiger charge is -2.08. The molecule has 0 aliphatic heterocycles. The van der Waals surface area contributed by atoms with Gasteiger partial charge in [0.15, 0.2) is 0 Å². The highest BCUT2D eigenvalue weighted by molar-refractivity contribution is 5.87. The smallest absolute Gasteiger partial charge is 0.224 e. The standard InChI is InChI=1S/C18H15FN2O/c19-16-9-2-1-5-15(16)12-21-17(22)11-14-7-3-6-13-8-4-10-20-18(13)14/h1-10H,11-12H2,(H,21,22). The molecule has 1 aromatic heterocycles. The van der Waals surface area contributed by atoms with Crippen molar-refractivity contribution in [1.29, 1.82) is 0 Å². The Balaban J connectivity index is 1.70. The molecule has 0 radical (unpaired) electrons. The largest absolute Gasteiger partial charge is 0.352 e. The third-order valence-electron chi connectivity index (χ3n) is 3.50. The highest BCUT2D eigenvalue weighted by atomic mass is 19.1. The lowest BCUT2D eigenvalue weighted by atomic mass is 10.1. The molecule has 22 heavy (non-hydrogen) atoms. The van der Waals surface area contributed by atoms with E-state index in [-0.39, 0.29) is 24.7 Å². The minimum Gasteiger partial charge on any atom is -0.352 e. The Morgan fingerprint density at radius 2 is 1.77 bits per heavy atom. The van der Waals surface area contributed by atoms with E-state index in [0.29, 0.717) is 5.56 Å². The number of hydrogen-bond donors (Lipinski definition) is 1. The van der Waals surface area contributed by atoms with E-state index in [4.69, 9.17) is 0 Å². The Morgan fingerprint density at radius 3 is 2.64 bits per heavy atom. The monoisotopic (exact) mass is 294 g/mol. The van der Waals surface area contributed by atoms with Crippen molar-refractivity contribution in [3.05, 3.63) is 77.7 Å². The zero-order chi connectivity index (χ0) is 15.4. The second kappa shape index (κ2) is 6.35. The Bertz CT molecular complexity index is 812. The molecule has 3 rings (SSSR count). The summed E-state index contributed by atoms with van der Waals surface area (Å²) in [5.74, 6) is -0.462. The number of amides is 1. The van der Waals surface area contributed by atoms with Gasteiger partial charge in [0.2, 0.25) is 5.91 Å². The summed E-state index contributed by atoms with van der Waals surface area (Å²) in [5.41, 5.74) is 2.17. The van der Waals surface area contributed by atoms with E-state index in [9.17, 15) is 9.18 Å². The number of fused-ring (bicyclic) bond motifs is 1. The number of carbonyl (C=O) groups excluding carboxylic acids is 1. The molecule has 3 aromatic rings. The van der Waals surface area contributed by atoms with E-state index >= 15 is 0 Å². The van der Waals surface area contributed by atoms with Gasteiger partial charge in [-0.1, -0.05) is 42.5 Å². The van der Waals surface area contributed by atoms with E-state index in [1.54, 1.807) is 24.4 Å². The lowest BCUT2D eigenvalue weighted by Crippen LogP contribution is -2.25. The molecule has 110 valence electrons. The van der Waals surface area contributed by atoms with Crippen LogP contribution in [0.3, 0.4) is 0 Å². The van der Waals surface area contributed by atoms with Crippen molar-refractivity contribution in [2.75, 3.05) is 0 Å². The predicted octanol–water partition coefficient (Wildman–Crippen LogP) is 3.23. The maximum absolute atomic E-state index is 13.5. The quantitative estimate of drug-likeness (QED) is 0.802. The summed E-state index contributed by atoms with van der Waals surface area (Å²) >= 11 is 0. The molecule has 0 saturated heterocycles. The highest BCUT2D eigenvalue weighted by Crippen LogP contribution is 2.16. The number of carbonyl (C=O) groups is 1. The Kier molecular flexibility index (Phi) is 4.10. The Hall–Kier alpha value is -2.75. The first kappa shape index (κ1) is 14.2. The molecule has 1 heterocycles. The molecule has 0 aliphatic rings. The van der Waals surface area contributed by atoms with Crippen molar-refractivity contribution in [3.8, 4) is 0 Å². The van der Waals surface area contributed by atoms with Gasteiger partial charge in [-0.05, 0) is 17.7 Å². The van der Waals surface area contributed by atoms with E-state index in [1.165, 1.54) is 6.07 Å². The summed E-state index contributed by atoms with van der Waals surface area (Å²) in [5, 5.41) is 3.75. The maximum atomic E-state index is 13.5. The van der Waals surface area contributed by atoms with E-state index in [0.717, 1.165) is 16.5 Å². The number of hydrogen-bond acceptors (Lipinski definition) is 2. The Labute approximate surface area is 127 Å². The number of pyridine rings is 1. The van der Waals surface area contributed by atoms with E-state index < -0.39 is 0 Å². The topological polar surface area (TPSA) is 42.0 Å². The van der Waals surface area contributed by atoms with Crippen molar-refractivity contribution in [1.82, 2.24) is 10.3 Å². The third-order valence-corrected chi connectivity index (χ3v) is 3.50. The number of benzene rings is 2. The van der Waals surface area contributed by atoms with Gasteiger partial charge in [0, 0.05) is 23.7 Å². The predicted molar refractivity (Wildman–Crippen MR) is 83.7 cm³/mol. The zero-order valence-corrected chi connectivity index (χ0v) is 11.9. The fraction of sp³-hybridized carbons (Fsp3) is 0.111. The van der Waals surface area contributed by atoms with Crippen LogP contribution in [-0.4, -0.2) is 10.9 Å². The number of para-hydroxylation sites is 1. The van der Waals surface area contributed by atoms with Crippen LogP contribution in [0.25, 0.3) is 10.9 Å². The normalized spacial score (nSPS) is 10.6. The van der Waals surface area contributed by atoms with Crippen molar-refractivity contribution in [3.63, 3.8) is 0 Å². The average Bonchev–Trinajstić information content (AvgIpc) is 2.54. The SMILES string of the molecule is O=C(Cc1cccc2cccnc12)NCc1ccccc1F. The second-order valence-corrected chi connectivity index (χ2v) is 5.04. The van der Waals surface area contributed by atoms with Gasteiger partial charge in [0.1, 0.15) is 5.82 Å². The van der Waals surface area contributed by atoms with Crippen LogP contribution in [0.4, 0.5) is 4.39 Å². The minimum atomic E-state index is -0.311. The molecule has 0 saturated carbocycles. The Morgan fingerprint density at radius 1 is 1.00 bits per heavy atom. The van der Waals surface area contributed by atoms with Crippen molar-refractivity contribution in [2.45, 2.75) is 13.0 Å². The van der Waals surface area contributed by atoms with Gasteiger partial charge in [-0.2, -0.15) is 0 Å². The summed E-state index contributed by atoms with van der Waals surface area (Å²) in [6, 6.07) is 16.0. The molecule has 1 amide bonds. The van der Waals surface area contributed by atoms with Gasteiger partial charge in [0.25, 0.3) is 0 Å². The number of rotatable bonds is 4. The van der Waals surface area contributed by atoms with Crippen LogP contribution in [0.1, 0.15) is 11.1 Å². The third kappa shape index (κ3) is 3.11. The van der Waals surface area contributed by atoms with Crippen LogP contribution in [0.5, 0.6) is 0 Å². The maximum Gasteiger partial charge on any atom is 0.224 e. The van der Waals surface area contributed by atoms with Gasteiger partial charge in [-0.3, -0.25) is 9.78 Å². The average molecular weight is 294 g/mol. The van der Waals surface area contributed by atoms with Gasteiger partial charge >= 0.3 is 0 Å². The van der Waals surface area contributed by atoms with Gasteiger partial charge in [-0.25, -0.2) is 4.39 Å². The molecule has 0 aliphatic carbocycles. The molecule has 0 spiro atoms. The molecule has 2 aromatic carbocycles. The fourth-order valence-corrected chi connectivity index (χ4v) is 2.38. The molecule has 0 unspecified atom stereocenters. The summed E-state index contributed by atoms with van der Waals surface area (Å²) < 4.78 is 13.5. The van der Waals surface area contributed by atoms with Crippen LogP contribution in [-0.2, 0) is 17.8 Å². The first-order valence-electron chi connectivity index (χ1n) is 7.07. The van der Waals surface area contributed by atoms with Gasteiger partial charge in [0.05, 0.1) is 11.9 Å². The van der Waals surface area contributed by atoms with Gasteiger partial charge in [-0.15, -0.1) is 0 Å². The van der Waals surface area contributed by atoms with Crippen LogP contribution in [0.15, 0.2) is 60.8 Å². The highest BCUT2D eigenvalue weighted by Gasteiger charge is 2.08. The molecule has 1 N–H and O–H groups in total. The molecule has 0 fully saturated rings. The fourth-order valence-electron chi connectivity index (χ4n) is 2.38. The summed E-state index contributed by atoms with van der Waals surface area (Å²) in [4.78, 5) is 16.4. The molecular weight excluding hydrogens is 279 g/mol. The first-order chi connectivity index (χ1) is 10.7. The van der Waals surface area contributed by atoms with Crippen LogP contribution in [0, 0.1) is 5.82 Å². The number of nitrogens with zero attached hydrogens (tertiary/aromatic N) is 1. The van der Waals surface area contributed by atoms with E-state index in [1.807, 2.05) is 30.3 Å². The van der Waals surface area contributed by atoms with Crippen LogP contribution in [0.2, 0.25) is 0 Å². The van der Waals surface area contributed by atoms with Crippen LogP contribution >= 0.6 is 0 Å². The minimum absolute atomic E-state index is 0.151. The molecule has 3 nitrogen and oxygen atoms in total. The molecule has 4 heteroatoms. The van der Waals surface area contributed by atoms with Crippen molar-refractivity contribution in [2.24, 2.45) is 0 Å². The second-order valence-electron chi connectivity index (χ2n) is 5.04. The molecular formula is C18H15FN2O. The number of aromatic nitrogens is 1. The van der Waals surface area contributed by atoms with Crippen LogP contribution < -0.4 is 5.32 Å². The zero-order valence-electron chi connectivity index (χ0n) is 11.9. The lowest BCUT2D eigenvalue weighted by molar-refractivity contribution is -0.120. The van der Waals surface area contributed by atoms with Crippen molar-refractivity contribution < 1.29 is 9.18 Å². The van der Waals surface area contributed by atoms with E-state index in [2.05, 4.69) is 10.3 Å². The van der Waals surface area contributed by atoms with Gasteiger partial charge < -0.3 is 5.32 Å². The van der Waals surface area contributed by atoms with Crippen molar-refractivity contribution >= 4 is 16.8 Å². The number of halogens is 1. The summed E-state index contributed by atoms with van der Waals surface area (Å²) in [6.07, 6.45) is 1.94. The molecule has 0 atom stereocenters. The number of nitrogens with one attached hydrogen (secondary N) is 1. The molecule has 0 bridgehead atoms. The first-order valence-corrected chi connectivity index (χ1v) is 7.07. The summed E-state index contributed by atoms with van der Waals surface area (Å²) in [6.45, 7) is 0.184. The summed E-state index contributed by atoms with van der Waals surface area (Å²) in [7, 11) is 0.